The van der Waals surface area contributed by atoms with E-state index in [2.05, 4.69) is 0 Å². The van der Waals surface area contributed by atoms with Gasteiger partial charge in [0, 0.05) is 24.7 Å². The van der Waals surface area contributed by atoms with Crippen LogP contribution in [0.15, 0.2) is 54.6 Å². The van der Waals surface area contributed by atoms with E-state index < -0.39 is 10.0 Å². The second-order valence-electron chi connectivity index (χ2n) is 6.93. The maximum Gasteiger partial charge on any atom is 0.414 e. The van der Waals surface area contributed by atoms with Crippen molar-refractivity contribution in [2.45, 2.75) is 31.2 Å². The lowest BCUT2D eigenvalue weighted by Crippen LogP contribution is -2.50. The van der Waals surface area contributed by atoms with Gasteiger partial charge in [0.25, 0.3) is 0 Å². The number of carbonyl (C=O) groups is 1. The van der Waals surface area contributed by atoms with Gasteiger partial charge in [0.15, 0.2) is 0 Å². The number of para-hydroxylation sites is 1. The fourth-order valence-corrected chi connectivity index (χ4v) is 5.34. The minimum Gasteiger partial charge on any atom is -0.444 e. The van der Waals surface area contributed by atoms with Crippen molar-refractivity contribution in [2.24, 2.45) is 0 Å². The SMILES string of the molecule is O=C1OCc2ccccc2N1C1CCN(S(=O)(=O)Cc2ccccc2)CC1. The first-order valence-corrected chi connectivity index (χ1v) is 10.7. The van der Waals surface area contributed by atoms with Crippen molar-refractivity contribution in [3.05, 3.63) is 65.7 Å². The zero-order valence-corrected chi connectivity index (χ0v) is 15.8. The zero-order valence-electron chi connectivity index (χ0n) is 15.0. The largest absolute Gasteiger partial charge is 0.444 e. The van der Waals surface area contributed by atoms with Crippen molar-refractivity contribution >= 4 is 21.8 Å². The maximum atomic E-state index is 12.7. The monoisotopic (exact) mass is 386 g/mol. The van der Waals surface area contributed by atoms with Crippen LogP contribution in [0.5, 0.6) is 0 Å². The summed E-state index contributed by atoms with van der Waals surface area (Å²) in [5.41, 5.74) is 2.64. The second kappa shape index (κ2) is 7.32. The summed E-state index contributed by atoms with van der Waals surface area (Å²) in [7, 11) is -3.37. The predicted octanol–water partition coefficient (Wildman–Crippen LogP) is 3.14. The molecule has 0 unspecified atom stereocenters. The van der Waals surface area contributed by atoms with Gasteiger partial charge >= 0.3 is 6.09 Å². The average molecular weight is 386 g/mol. The van der Waals surface area contributed by atoms with E-state index in [1.807, 2.05) is 54.6 Å². The molecule has 2 aromatic carbocycles. The normalized spacial score (nSPS) is 18.8. The molecule has 0 aliphatic carbocycles. The Morgan fingerprint density at radius 2 is 1.63 bits per heavy atom. The van der Waals surface area contributed by atoms with Gasteiger partial charge in [-0.1, -0.05) is 48.5 Å². The van der Waals surface area contributed by atoms with Gasteiger partial charge in [0.1, 0.15) is 6.61 Å². The molecule has 0 aromatic heterocycles. The fourth-order valence-electron chi connectivity index (χ4n) is 3.78. The van der Waals surface area contributed by atoms with Crippen molar-refractivity contribution < 1.29 is 17.9 Å². The highest BCUT2D eigenvalue weighted by atomic mass is 32.2. The Hall–Kier alpha value is -2.38. The molecule has 0 radical (unpaired) electrons. The van der Waals surface area contributed by atoms with Gasteiger partial charge in [-0.25, -0.2) is 17.5 Å². The van der Waals surface area contributed by atoms with Gasteiger partial charge < -0.3 is 4.74 Å². The molecule has 1 saturated heterocycles. The lowest BCUT2D eigenvalue weighted by Gasteiger charge is -2.39. The van der Waals surface area contributed by atoms with E-state index in [0.717, 1.165) is 16.8 Å². The Morgan fingerprint density at radius 1 is 0.963 bits per heavy atom. The number of hydrogen-bond donors (Lipinski definition) is 0. The van der Waals surface area contributed by atoms with Crippen LogP contribution in [-0.2, 0) is 27.1 Å². The van der Waals surface area contributed by atoms with Crippen molar-refractivity contribution in [2.75, 3.05) is 18.0 Å². The molecule has 0 bridgehead atoms. The van der Waals surface area contributed by atoms with Crippen LogP contribution in [0.3, 0.4) is 0 Å². The smallest absolute Gasteiger partial charge is 0.414 e. The summed E-state index contributed by atoms with van der Waals surface area (Å²) in [6.07, 6.45) is 0.842. The van der Waals surface area contributed by atoms with Crippen molar-refractivity contribution in [3.63, 3.8) is 0 Å². The van der Waals surface area contributed by atoms with E-state index in [1.165, 1.54) is 4.31 Å². The number of anilines is 1. The van der Waals surface area contributed by atoms with Gasteiger partial charge in [0.05, 0.1) is 11.4 Å². The summed E-state index contributed by atoms with van der Waals surface area (Å²) in [4.78, 5) is 14.0. The summed E-state index contributed by atoms with van der Waals surface area (Å²) in [6.45, 7) is 1.10. The van der Waals surface area contributed by atoms with E-state index in [4.69, 9.17) is 4.74 Å². The van der Waals surface area contributed by atoms with Crippen molar-refractivity contribution in [1.82, 2.24) is 4.31 Å². The number of benzene rings is 2. The highest BCUT2D eigenvalue weighted by Gasteiger charge is 2.36. The van der Waals surface area contributed by atoms with Crippen LogP contribution >= 0.6 is 0 Å². The molecule has 7 heteroatoms. The molecule has 27 heavy (non-hydrogen) atoms. The number of rotatable bonds is 4. The number of cyclic esters (lactones) is 1. The lowest BCUT2D eigenvalue weighted by molar-refractivity contribution is 0.136. The predicted molar refractivity (Wildman–Crippen MR) is 103 cm³/mol. The number of amides is 1. The molecule has 2 heterocycles. The molecule has 2 aliphatic heterocycles. The highest BCUT2D eigenvalue weighted by Crippen LogP contribution is 2.32. The van der Waals surface area contributed by atoms with E-state index >= 15 is 0 Å². The molecule has 6 nitrogen and oxygen atoms in total. The first-order chi connectivity index (χ1) is 13.0. The fraction of sp³-hybridized carbons (Fsp3) is 0.350. The van der Waals surface area contributed by atoms with Crippen LogP contribution in [0.25, 0.3) is 0 Å². The molecule has 1 amide bonds. The molecule has 0 saturated carbocycles. The number of ether oxygens (including phenoxy) is 1. The average Bonchev–Trinajstić information content (AvgIpc) is 2.68. The van der Waals surface area contributed by atoms with Gasteiger partial charge in [-0.15, -0.1) is 0 Å². The zero-order chi connectivity index (χ0) is 18.9. The first kappa shape index (κ1) is 18.0. The Morgan fingerprint density at radius 3 is 2.37 bits per heavy atom. The van der Waals surface area contributed by atoms with Gasteiger partial charge in [-0.2, -0.15) is 0 Å². The van der Waals surface area contributed by atoms with Crippen LogP contribution in [0.1, 0.15) is 24.0 Å². The Kier molecular flexibility index (Phi) is 4.88. The van der Waals surface area contributed by atoms with Gasteiger partial charge in [0.2, 0.25) is 10.0 Å². The van der Waals surface area contributed by atoms with Gasteiger partial charge in [-0.3, -0.25) is 4.90 Å². The Bertz CT molecular complexity index is 922. The number of nitrogens with zero attached hydrogens (tertiary/aromatic N) is 2. The van der Waals surface area contributed by atoms with E-state index in [0.29, 0.717) is 25.9 Å². The molecular weight excluding hydrogens is 364 g/mol. The molecule has 142 valence electrons. The van der Waals surface area contributed by atoms with Crippen LogP contribution in [0, 0.1) is 0 Å². The Labute approximate surface area is 159 Å². The number of hydrogen-bond acceptors (Lipinski definition) is 4. The molecule has 2 aromatic rings. The number of piperidine rings is 1. The molecule has 0 spiro atoms. The topological polar surface area (TPSA) is 66.9 Å². The molecule has 0 atom stereocenters. The second-order valence-corrected chi connectivity index (χ2v) is 8.89. The third-order valence-electron chi connectivity index (χ3n) is 5.17. The standard InChI is InChI=1S/C20H22N2O4S/c23-20-22(19-9-5-4-8-17(19)14-26-20)18-10-12-21(13-11-18)27(24,25)15-16-6-2-1-3-7-16/h1-9,18H,10-15H2. The highest BCUT2D eigenvalue weighted by molar-refractivity contribution is 7.88. The number of sulfonamides is 1. The molecular formula is C20H22N2O4S. The summed E-state index contributed by atoms with van der Waals surface area (Å²) < 4.78 is 32.3. The first-order valence-electron chi connectivity index (χ1n) is 9.10. The van der Waals surface area contributed by atoms with Gasteiger partial charge in [-0.05, 0) is 24.5 Å². The third kappa shape index (κ3) is 3.70. The number of fused-ring (bicyclic) bond motifs is 1. The maximum absolute atomic E-state index is 12.7. The Balaban J connectivity index is 1.46. The minimum absolute atomic E-state index is 0.00704. The summed E-state index contributed by atoms with van der Waals surface area (Å²) in [6, 6.07) is 16.9. The van der Waals surface area contributed by atoms with E-state index in [9.17, 15) is 13.2 Å². The van der Waals surface area contributed by atoms with Crippen molar-refractivity contribution in [1.29, 1.82) is 0 Å². The summed E-state index contributed by atoms with van der Waals surface area (Å²) in [5, 5.41) is 0. The minimum atomic E-state index is -3.37. The van der Waals surface area contributed by atoms with E-state index in [1.54, 1.807) is 4.90 Å². The third-order valence-corrected chi connectivity index (χ3v) is 7.02. The van der Waals surface area contributed by atoms with Crippen LogP contribution < -0.4 is 4.90 Å². The molecule has 0 N–H and O–H groups in total. The van der Waals surface area contributed by atoms with Crippen LogP contribution in [0.4, 0.5) is 10.5 Å². The van der Waals surface area contributed by atoms with Crippen LogP contribution in [0.2, 0.25) is 0 Å². The number of carbonyl (C=O) groups excluding carboxylic acids is 1. The molecule has 2 aliphatic rings. The van der Waals surface area contributed by atoms with E-state index in [-0.39, 0.29) is 24.5 Å². The lowest BCUT2D eigenvalue weighted by atomic mass is 10.0. The molecule has 1 fully saturated rings. The van der Waals surface area contributed by atoms with Crippen molar-refractivity contribution in [3.8, 4) is 0 Å². The quantitative estimate of drug-likeness (QED) is 0.810. The van der Waals surface area contributed by atoms with Crippen LogP contribution in [-0.4, -0.2) is 37.9 Å². The molecule has 4 rings (SSSR count). The summed E-state index contributed by atoms with van der Waals surface area (Å²) in [5.74, 6) is 0.00704. The summed E-state index contributed by atoms with van der Waals surface area (Å²) >= 11 is 0.